The first-order chi connectivity index (χ1) is 25.1. The highest BCUT2D eigenvalue weighted by Gasteiger charge is 2.17. The number of hydrogen-bond acceptors (Lipinski definition) is 1. The van der Waals surface area contributed by atoms with E-state index in [4.69, 9.17) is 10.4 Å². The van der Waals surface area contributed by atoms with Gasteiger partial charge in [-0.25, -0.2) is 4.99 Å². The summed E-state index contributed by atoms with van der Waals surface area (Å²) in [5, 5.41) is 13.8. The van der Waals surface area contributed by atoms with Crippen molar-refractivity contribution in [2.45, 2.75) is 6.92 Å². The summed E-state index contributed by atoms with van der Waals surface area (Å²) in [6.07, 6.45) is 2.12. The Morgan fingerprint density at radius 2 is 0.824 bits per heavy atom. The lowest BCUT2D eigenvalue weighted by molar-refractivity contribution is 1.13. The molecule has 2 heterocycles. The first-order valence-electron chi connectivity index (χ1n) is 17.2. The average molecular weight is 655 g/mol. The van der Waals surface area contributed by atoms with Gasteiger partial charge in [-0.15, -0.1) is 0 Å². The van der Waals surface area contributed by atoms with Gasteiger partial charge in [-0.3, -0.25) is 5.41 Å². The van der Waals surface area contributed by atoms with Crippen LogP contribution in [0.4, 0.5) is 0 Å². The minimum Gasteiger partial charge on any atom is -0.309 e. The van der Waals surface area contributed by atoms with Crippen LogP contribution < -0.4 is 0 Å². The molecule has 0 fully saturated rings. The van der Waals surface area contributed by atoms with Gasteiger partial charge in [0.2, 0.25) is 0 Å². The van der Waals surface area contributed by atoms with Crippen LogP contribution in [0.5, 0.6) is 0 Å². The maximum Gasteiger partial charge on any atom is 0.152 e. The molecule has 242 valence electrons. The van der Waals surface area contributed by atoms with E-state index < -0.39 is 0 Å². The number of fused-ring (bicyclic) bond motifs is 6. The van der Waals surface area contributed by atoms with Gasteiger partial charge in [0.1, 0.15) is 0 Å². The van der Waals surface area contributed by atoms with Crippen molar-refractivity contribution in [1.29, 1.82) is 5.41 Å². The molecular weight excluding hydrogens is 621 g/mol. The lowest BCUT2D eigenvalue weighted by Gasteiger charge is -2.16. The molecule has 0 amide bonds. The largest absolute Gasteiger partial charge is 0.309 e. The molecule has 9 aromatic rings. The fourth-order valence-electron chi connectivity index (χ4n) is 7.34. The minimum absolute atomic E-state index is 0.225. The Balaban J connectivity index is 1.31. The third-order valence-corrected chi connectivity index (χ3v) is 9.74. The van der Waals surface area contributed by atoms with Gasteiger partial charge in [-0.05, 0) is 66.6 Å². The highest BCUT2D eigenvalue weighted by molar-refractivity contribution is 6.18. The maximum atomic E-state index is 8.90. The van der Waals surface area contributed by atoms with Crippen LogP contribution in [0.2, 0.25) is 0 Å². The number of aromatic nitrogens is 2. The average Bonchev–Trinajstić information content (AvgIpc) is 3.71. The van der Waals surface area contributed by atoms with Crippen molar-refractivity contribution < 1.29 is 0 Å². The van der Waals surface area contributed by atoms with E-state index in [1.807, 2.05) is 48.5 Å². The van der Waals surface area contributed by atoms with E-state index in [1.54, 1.807) is 0 Å². The van der Waals surface area contributed by atoms with E-state index in [9.17, 15) is 0 Å². The fraction of sp³-hybridized carbons (Fsp3) is 0.0213. The number of allylic oxidation sites excluding steroid dienone is 2. The van der Waals surface area contributed by atoms with Gasteiger partial charge in [0.05, 0.1) is 27.8 Å². The SMILES string of the molecule is C/C(=C\C(=NC(=N)c1ccccc1)c1ccccc1)c1cc(-n2c3ccccc3c3ccccc32)cc(-n2c3ccccc3c3ccccc32)c1. The lowest BCUT2D eigenvalue weighted by Crippen LogP contribution is -2.05. The summed E-state index contributed by atoms with van der Waals surface area (Å²) in [4.78, 5) is 4.90. The van der Waals surface area contributed by atoms with Crippen LogP contribution in [-0.4, -0.2) is 20.7 Å². The van der Waals surface area contributed by atoms with Gasteiger partial charge in [0.25, 0.3) is 0 Å². The zero-order valence-corrected chi connectivity index (χ0v) is 28.2. The zero-order valence-electron chi connectivity index (χ0n) is 28.2. The highest BCUT2D eigenvalue weighted by Crippen LogP contribution is 2.37. The molecule has 0 aliphatic heterocycles. The van der Waals surface area contributed by atoms with E-state index in [0.29, 0.717) is 0 Å². The van der Waals surface area contributed by atoms with E-state index in [-0.39, 0.29) is 5.84 Å². The molecule has 51 heavy (non-hydrogen) atoms. The smallest absolute Gasteiger partial charge is 0.152 e. The Morgan fingerprint density at radius 1 is 0.451 bits per heavy atom. The van der Waals surface area contributed by atoms with Crippen LogP contribution in [-0.2, 0) is 0 Å². The van der Waals surface area contributed by atoms with Gasteiger partial charge in [-0.2, -0.15) is 0 Å². The summed E-state index contributed by atoms with van der Waals surface area (Å²) in [5.41, 5.74) is 11.4. The number of rotatable bonds is 6. The molecule has 0 atom stereocenters. The number of nitrogens with one attached hydrogen (secondary N) is 1. The molecule has 0 saturated heterocycles. The van der Waals surface area contributed by atoms with E-state index in [2.05, 4.69) is 150 Å². The quantitative estimate of drug-likeness (QED) is 0.137. The molecular formula is C47H34N4. The van der Waals surface area contributed by atoms with Crippen molar-refractivity contribution >= 4 is 60.7 Å². The van der Waals surface area contributed by atoms with Crippen molar-refractivity contribution in [1.82, 2.24) is 9.13 Å². The summed E-state index contributed by atoms with van der Waals surface area (Å²) < 4.78 is 4.77. The molecule has 2 aromatic heterocycles. The molecule has 0 saturated carbocycles. The highest BCUT2D eigenvalue weighted by atomic mass is 15.0. The predicted octanol–water partition coefficient (Wildman–Crippen LogP) is 11.8. The number of benzene rings is 7. The summed E-state index contributed by atoms with van der Waals surface area (Å²) in [5.74, 6) is 0.225. The zero-order chi connectivity index (χ0) is 34.3. The Labute approximate surface area is 296 Å². The number of aliphatic imine (C=N–C) groups is 1. The Kier molecular flexibility index (Phi) is 7.48. The van der Waals surface area contributed by atoms with E-state index in [0.717, 1.165) is 61.4 Å². The second-order valence-electron chi connectivity index (χ2n) is 12.9. The Morgan fingerprint density at radius 3 is 1.25 bits per heavy atom. The summed E-state index contributed by atoms with van der Waals surface area (Å²) in [6.45, 7) is 2.14. The standard InChI is InChI=1S/C47H34N4/c1-32(28-42(33-16-4-2-5-17-33)49-47(48)34-18-6-3-7-19-34)35-29-36(50-43-24-12-8-20-38(43)39-21-9-13-25-44(39)50)31-37(30-35)51-45-26-14-10-22-40(45)41-23-11-15-27-46(41)51/h2-31,48H,1H3/b32-28+,48-47?,49-42?. The summed E-state index contributed by atoms with van der Waals surface area (Å²) in [6, 6.07) is 61.3. The molecule has 0 aliphatic carbocycles. The first kappa shape index (κ1) is 30.3. The van der Waals surface area contributed by atoms with Crippen molar-refractivity contribution in [2.24, 2.45) is 4.99 Å². The maximum absolute atomic E-state index is 8.90. The monoisotopic (exact) mass is 654 g/mol. The topological polar surface area (TPSA) is 46.1 Å². The molecule has 9 rings (SSSR count). The Hall–Kier alpha value is -6.78. The summed E-state index contributed by atoms with van der Waals surface area (Å²) in [7, 11) is 0. The first-order valence-corrected chi connectivity index (χ1v) is 17.2. The van der Waals surface area contributed by atoms with Gasteiger partial charge in [-0.1, -0.05) is 133 Å². The van der Waals surface area contributed by atoms with Crippen LogP contribution in [0.15, 0.2) is 187 Å². The van der Waals surface area contributed by atoms with Crippen LogP contribution in [0, 0.1) is 5.41 Å². The van der Waals surface area contributed by atoms with Crippen LogP contribution in [0.25, 0.3) is 60.6 Å². The van der Waals surface area contributed by atoms with Crippen molar-refractivity contribution in [3.63, 3.8) is 0 Å². The van der Waals surface area contributed by atoms with Gasteiger partial charge < -0.3 is 9.13 Å². The summed E-state index contributed by atoms with van der Waals surface area (Å²) >= 11 is 0. The number of amidine groups is 1. The van der Waals surface area contributed by atoms with Crippen molar-refractivity contribution in [3.8, 4) is 11.4 Å². The molecule has 0 spiro atoms. The van der Waals surface area contributed by atoms with Crippen molar-refractivity contribution in [3.05, 3.63) is 199 Å². The Bertz CT molecular complexity index is 2580. The predicted molar refractivity (Wildman–Crippen MR) is 215 cm³/mol. The van der Waals surface area contributed by atoms with Crippen LogP contribution in [0.3, 0.4) is 0 Å². The molecule has 0 unspecified atom stereocenters. The third-order valence-electron chi connectivity index (χ3n) is 9.74. The van der Waals surface area contributed by atoms with Gasteiger partial charge in [0, 0.05) is 44.0 Å². The molecule has 7 aromatic carbocycles. The van der Waals surface area contributed by atoms with Crippen LogP contribution in [0.1, 0.15) is 23.6 Å². The number of nitrogens with zero attached hydrogens (tertiary/aromatic N) is 3. The van der Waals surface area contributed by atoms with E-state index >= 15 is 0 Å². The second-order valence-corrected chi connectivity index (χ2v) is 12.9. The van der Waals surface area contributed by atoms with Crippen LogP contribution >= 0.6 is 0 Å². The fourth-order valence-corrected chi connectivity index (χ4v) is 7.34. The molecule has 0 aliphatic rings. The molecule has 4 heteroatoms. The number of para-hydroxylation sites is 4. The molecule has 0 radical (unpaired) electrons. The van der Waals surface area contributed by atoms with E-state index in [1.165, 1.54) is 21.5 Å². The minimum atomic E-state index is 0.225. The second kappa shape index (κ2) is 12.6. The van der Waals surface area contributed by atoms with Gasteiger partial charge >= 0.3 is 0 Å². The number of hydrogen-bond donors (Lipinski definition) is 1. The molecule has 4 nitrogen and oxygen atoms in total. The van der Waals surface area contributed by atoms with Crippen molar-refractivity contribution in [2.75, 3.05) is 0 Å². The molecule has 1 N–H and O–H groups in total. The third kappa shape index (κ3) is 5.34. The van der Waals surface area contributed by atoms with Gasteiger partial charge in [0.15, 0.2) is 5.84 Å². The lowest BCUT2D eigenvalue weighted by atomic mass is 10.0. The normalized spacial score (nSPS) is 12.3. The molecule has 0 bridgehead atoms.